The average molecular weight is 383 g/mol. The number of anilines is 1. The van der Waals surface area contributed by atoms with Crippen molar-refractivity contribution in [1.82, 2.24) is 0 Å². The third-order valence-corrected chi connectivity index (χ3v) is 3.98. The number of carbonyl (C=O) groups is 3. The number of methoxy groups -OCH3 is 1. The molecule has 0 spiro atoms. The van der Waals surface area contributed by atoms with Crippen LogP contribution in [0.2, 0.25) is 0 Å². The molecule has 2 rings (SSSR count). The van der Waals surface area contributed by atoms with Gasteiger partial charge in [0.05, 0.1) is 24.3 Å². The van der Waals surface area contributed by atoms with Gasteiger partial charge in [-0.1, -0.05) is 11.6 Å². The summed E-state index contributed by atoms with van der Waals surface area (Å²) in [6.07, 6.45) is -0.0752. The van der Waals surface area contributed by atoms with E-state index in [1.54, 1.807) is 50.2 Å². The highest BCUT2D eigenvalue weighted by Gasteiger charge is 2.15. The number of ether oxygens (including phenoxy) is 2. The minimum atomic E-state index is -0.412. The normalized spacial score (nSPS) is 10.5. The fourth-order valence-corrected chi connectivity index (χ4v) is 2.60. The van der Waals surface area contributed by atoms with E-state index < -0.39 is 5.97 Å². The highest BCUT2D eigenvalue weighted by Crippen LogP contribution is 2.22. The van der Waals surface area contributed by atoms with E-state index in [-0.39, 0.29) is 30.6 Å². The molecule has 0 bridgehead atoms. The Morgan fingerprint density at radius 3 is 2.29 bits per heavy atom. The largest absolute Gasteiger partial charge is 0.496 e. The van der Waals surface area contributed by atoms with Crippen LogP contribution < -0.4 is 10.1 Å². The van der Waals surface area contributed by atoms with Crippen LogP contribution in [0.15, 0.2) is 42.5 Å². The van der Waals surface area contributed by atoms with Gasteiger partial charge in [-0.3, -0.25) is 9.59 Å². The molecule has 0 aliphatic heterocycles. The predicted molar refractivity (Wildman–Crippen MR) is 107 cm³/mol. The molecule has 1 amide bonds. The lowest BCUT2D eigenvalue weighted by molar-refractivity contribution is -0.116. The van der Waals surface area contributed by atoms with Gasteiger partial charge < -0.3 is 14.8 Å². The maximum Gasteiger partial charge on any atom is 0.338 e. The molecule has 28 heavy (non-hydrogen) atoms. The Balaban J connectivity index is 1.91. The molecule has 0 atom stereocenters. The Labute approximate surface area is 164 Å². The Morgan fingerprint density at radius 2 is 1.68 bits per heavy atom. The molecular formula is C22H25NO5. The van der Waals surface area contributed by atoms with E-state index in [1.165, 1.54) is 7.11 Å². The van der Waals surface area contributed by atoms with Gasteiger partial charge in [0.1, 0.15) is 5.75 Å². The van der Waals surface area contributed by atoms with Crippen LogP contribution in [0.25, 0.3) is 0 Å². The van der Waals surface area contributed by atoms with Crippen LogP contribution >= 0.6 is 0 Å². The number of esters is 1. The van der Waals surface area contributed by atoms with Crippen LogP contribution in [0.3, 0.4) is 0 Å². The van der Waals surface area contributed by atoms with Gasteiger partial charge in [-0.05, 0) is 57.2 Å². The van der Waals surface area contributed by atoms with Crippen LogP contribution in [-0.4, -0.2) is 30.9 Å². The summed E-state index contributed by atoms with van der Waals surface area (Å²) in [6, 6.07) is 11.8. The molecule has 6 heteroatoms. The van der Waals surface area contributed by atoms with Gasteiger partial charge in [0.15, 0.2) is 5.78 Å². The monoisotopic (exact) mass is 383 g/mol. The Bertz CT molecular complexity index is 856. The minimum absolute atomic E-state index is 0.0487. The molecule has 0 unspecified atom stereocenters. The third kappa shape index (κ3) is 5.94. The molecule has 0 aromatic heterocycles. The zero-order valence-electron chi connectivity index (χ0n) is 16.6. The molecular weight excluding hydrogens is 358 g/mol. The lowest BCUT2D eigenvalue weighted by Crippen LogP contribution is -2.14. The minimum Gasteiger partial charge on any atom is -0.496 e. The molecule has 1 N–H and O–H groups in total. The lowest BCUT2D eigenvalue weighted by atomic mass is 10.0. The molecule has 6 nitrogen and oxygen atoms in total. The third-order valence-electron chi connectivity index (χ3n) is 3.98. The molecule has 0 heterocycles. The van der Waals surface area contributed by atoms with Gasteiger partial charge in [0, 0.05) is 18.5 Å². The zero-order chi connectivity index (χ0) is 20.7. The molecule has 0 fully saturated rings. The molecule has 148 valence electrons. The van der Waals surface area contributed by atoms with E-state index in [0.29, 0.717) is 22.6 Å². The average Bonchev–Trinajstić information content (AvgIpc) is 2.66. The number of amides is 1. The van der Waals surface area contributed by atoms with E-state index in [1.807, 2.05) is 13.0 Å². The maximum absolute atomic E-state index is 12.4. The van der Waals surface area contributed by atoms with Crippen LogP contribution in [-0.2, 0) is 9.53 Å². The van der Waals surface area contributed by atoms with Gasteiger partial charge in [-0.25, -0.2) is 4.79 Å². The second-order valence-corrected chi connectivity index (χ2v) is 6.71. The van der Waals surface area contributed by atoms with E-state index in [0.717, 1.165) is 5.56 Å². The number of nitrogens with one attached hydrogen (secondary N) is 1. The number of carbonyl (C=O) groups excluding carboxylic acids is 3. The Morgan fingerprint density at radius 1 is 1.00 bits per heavy atom. The van der Waals surface area contributed by atoms with Crippen molar-refractivity contribution < 1.29 is 23.9 Å². The summed E-state index contributed by atoms with van der Waals surface area (Å²) in [6.45, 7) is 5.45. The number of hydrogen-bond acceptors (Lipinski definition) is 5. The van der Waals surface area contributed by atoms with Crippen LogP contribution in [0.5, 0.6) is 5.75 Å². The first-order valence-corrected chi connectivity index (χ1v) is 9.09. The van der Waals surface area contributed by atoms with Crippen LogP contribution in [0.1, 0.15) is 53.0 Å². The van der Waals surface area contributed by atoms with Crippen molar-refractivity contribution in [2.75, 3.05) is 12.4 Å². The Hall–Kier alpha value is -3.15. The second kappa shape index (κ2) is 9.69. The van der Waals surface area contributed by atoms with E-state index in [4.69, 9.17) is 9.47 Å². The molecule has 0 saturated carbocycles. The van der Waals surface area contributed by atoms with E-state index >= 15 is 0 Å². The molecule has 2 aromatic carbocycles. The lowest BCUT2D eigenvalue weighted by Gasteiger charge is -2.10. The summed E-state index contributed by atoms with van der Waals surface area (Å²) in [7, 11) is 1.51. The van der Waals surface area contributed by atoms with E-state index in [2.05, 4.69) is 5.32 Å². The highest BCUT2D eigenvalue weighted by atomic mass is 16.5. The standard InChI is InChI=1S/C22H25NO5/c1-14(2)28-22(26)16-6-8-17(9-7-16)23-21(25)12-10-19(24)18-13-15(3)5-11-20(18)27-4/h5-9,11,13-14H,10,12H2,1-4H3,(H,23,25). The van der Waals surface area contributed by atoms with Crippen molar-refractivity contribution >= 4 is 23.3 Å². The molecule has 2 aromatic rings. The first-order valence-electron chi connectivity index (χ1n) is 9.09. The second-order valence-electron chi connectivity index (χ2n) is 6.71. The fraction of sp³-hybridized carbons (Fsp3) is 0.318. The highest BCUT2D eigenvalue weighted by molar-refractivity contribution is 6.02. The smallest absolute Gasteiger partial charge is 0.338 e. The SMILES string of the molecule is COc1ccc(C)cc1C(=O)CCC(=O)Nc1ccc(C(=O)OC(C)C)cc1. The number of rotatable bonds is 8. The van der Waals surface area contributed by atoms with Crippen molar-refractivity contribution in [1.29, 1.82) is 0 Å². The van der Waals surface area contributed by atoms with Crippen molar-refractivity contribution in [3.8, 4) is 5.75 Å². The van der Waals surface area contributed by atoms with Crippen molar-refractivity contribution in [2.24, 2.45) is 0 Å². The Kier molecular flexibility index (Phi) is 7.32. The quantitative estimate of drug-likeness (QED) is 0.546. The maximum atomic E-state index is 12.4. The zero-order valence-corrected chi connectivity index (χ0v) is 16.6. The van der Waals surface area contributed by atoms with Gasteiger partial charge in [0.2, 0.25) is 5.91 Å². The summed E-state index contributed by atoms with van der Waals surface area (Å²) in [4.78, 5) is 36.4. The topological polar surface area (TPSA) is 81.7 Å². The van der Waals surface area contributed by atoms with Gasteiger partial charge in [0.25, 0.3) is 0 Å². The molecule has 0 radical (unpaired) electrons. The number of hydrogen-bond donors (Lipinski definition) is 1. The van der Waals surface area contributed by atoms with Crippen LogP contribution in [0.4, 0.5) is 5.69 Å². The first kappa shape index (κ1) is 21.2. The summed E-state index contributed by atoms with van der Waals surface area (Å²) in [5, 5.41) is 2.72. The summed E-state index contributed by atoms with van der Waals surface area (Å²) < 4.78 is 10.3. The van der Waals surface area contributed by atoms with Crippen molar-refractivity contribution in [3.05, 3.63) is 59.2 Å². The summed E-state index contributed by atoms with van der Waals surface area (Å²) >= 11 is 0. The number of Topliss-reactive ketones (excluding diaryl/α,β-unsaturated/α-hetero) is 1. The number of ketones is 1. The molecule has 0 aliphatic carbocycles. The van der Waals surface area contributed by atoms with Crippen molar-refractivity contribution in [2.45, 2.75) is 39.7 Å². The number of benzene rings is 2. The molecule has 0 saturated heterocycles. The summed E-state index contributed by atoms with van der Waals surface area (Å²) in [5.74, 6) is -0.342. The van der Waals surface area contributed by atoms with Gasteiger partial charge in [-0.2, -0.15) is 0 Å². The predicted octanol–water partition coefficient (Wildman–Crippen LogP) is 4.17. The fourth-order valence-electron chi connectivity index (χ4n) is 2.60. The summed E-state index contributed by atoms with van der Waals surface area (Å²) in [5.41, 5.74) is 2.38. The van der Waals surface area contributed by atoms with Gasteiger partial charge in [-0.15, -0.1) is 0 Å². The number of aryl methyl sites for hydroxylation is 1. The molecule has 0 aliphatic rings. The van der Waals surface area contributed by atoms with Gasteiger partial charge >= 0.3 is 5.97 Å². The van der Waals surface area contributed by atoms with E-state index in [9.17, 15) is 14.4 Å². The van der Waals surface area contributed by atoms with Crippen molar-refractivity contribution in [3.63, 3.8) is 0 Å². The van der Waals surface area contributed by atoms with Crippen LogP contribution in [0, 0.1) is 6.92 Å². The first-order chi connectivity index (χ1) is 13.3.